The number of phenols is 1. The summed E-state index contributed by atoms with van der Waals surface area (Å²) in [6.07, 6.45) is 5.52. The molecule has 0 aliphatic heterocycles. The number of carboxylic acid groups (broad SMARTS) is 1. The third kappa shape index (κ3) is 3.49. The lowest BCUT2D eigenvalue weighted by Crippen LogP contribution is -2.14. The molecule has 0 aromatic heterocycles. The highest BCUT2D eigenvalue weighted by atomic mass is 16.4. The van der Waals surface area contributed by atoms with E-state index in [1.807, 2.05) is 12.1 Å². The van der Waals surface area contributed by atoms with Gasteiger partial charge >= 0.3 is 5.97 Å². The third-order valence-electron chi connectivity index (χ3n) is 3.95. The number of benzene rings is 1. The van der Waals surface area contributed by atoms with Crippen LogP contribution in [-0.4, -0.2) is 16.2 Å². The highest BCUT2D eigenvalue weighted by molar-refractivity contribution is 5.66. The molecule has 1 aliphatic rings. The number of carboxylic acids is 1. The van der Waals surface area contributed by atoms with Crippen LogP contribution in [0.4, 0.5) is 0 Å². The smallest absolute Gasteiger partial charge is 0.303 e. The molecule has 0 bridgehead atoms. The molecule has 1 saturated carbocycles. The second kappa shape index (κ2) is 5.89. The van der Waals surface area contributed by atoms with Crippen molar-refractivity contribution >= 4 is 5.97 Å². The molecule has 2 N–H and O–H groups in total. The largest absolute Gasteiger partial charge is 0.508 e. The molecule has 0 unspecified atom stereocenters. The van der Waals surface area contributed by atoms with Gasteiger partial charge in [-0.3, -0.25) is 4.79 Å². The first-order valence-corrected chi connectivity index (χ1v) is 6.66. The van der Waals surface area contributed by atoms with Crippen molar-refractivity contribution in [2.24, 2.45) is 5.92 Å². The zero-order valence-corrected chi connectivity index (χ0v) is 10.5. The summed E-state index contributed by atoms with van der Waals surface area (Å²) in [7, 11) is 0. The molecule has 1 aromatic carbocycles. The number of rotatable bonds is 4. The molecule has 0 heterocycles. The number of phenolic OH excluding ortho intramolecular Hbond substituents is 1. The molecule has 0 radical (unpaired) electrons. The van der Waals surface area contributed by atoms with Gasteiger partial charge < -0.3 is 10.2 Å². The lowest BCUT2D eigenvalue weighted by Gasteiger charge is -2.28. The zero-order chi connectivity index (χ0) is 13.0. The van der Waals surface area contributed by atoms with E-state index < -0.39 is 5.97 Å². The fourth-order valence-electron chi connectivity index (χ4n) is 2.89. The summed E-state index contributed by atoms with van der Waals surface area (Å²) in [4.78, 5) is 10.5. The minimum Gasteiger partial charge on any atom is -0.508 e. The molecule has 1 aliphatic carbocycles. The molecule has 0 amide bonds. The van der Waals surface area contributed by atoms with Gasteiger partial charge in [0.15, 0.2) is 0 Å². The number of hydrogen-bond acceptors (Lipinski definition) is 2. The first-order valence-electron chi connectivity index (χ1n) is 6.66. The van der Waals surface area contributed by atoms with E-state index in [0.29, 0.717) is 24.0 Å². The van der Waals surface area contributed by atoms with Crippen LogP contribution in [0.1, 0.15) is 50.0 Å². The molecule has 18 heavy (non-hydrogen) atoms. The summed E-state index contributed by atoms with van der Waals surface area (Å²) in [6, 6.07) is 7.51. The van der Waals surface area contributed by atoms with Crippen molar-refractivity contribution in [3.05, 3.63) is 29.8 Å². The van der Waals surface area contributed by atoms with Crippen molar-refractivity contribution in [1.82, 2.24) is 0 Å². The predicted octanol–water partition coefficient (Wildman–Crippen LogP) is 3.53. The van der Waals surface area contributed by atoms with Crippen molar-refractivity contribution in [2.45, 2.75) is 44.4 Å². The van der Waals surface area contributed by atoms with Gasteiger partial charge in [0.2, 0.25) is 0 Å². The molecular weight excluding hydrogens is 228 g/mol. The SMILES string of the molecule is O=C(O)CCC1CCC(c2cccc(O)c2)CC1. The first kappa shape index (κ1) is 12.9. The molecule has 98 valence electrons. The molecule has 3 nitrogen and oxygen atoms in total. The Balaban J connectivity index is 1.85. The van der Waals surface area contributed by atoms with Gasteiger partial charge in [0, 0.05) is 6.42 Å². The predicted molar refractivity (Wildman–Crippen MR) is 69.7 cm³/mol. The van der Waals surface area contributed by atoms with Gasteiger partial charge in [-0.2, -0.15) is 0 Å². The van der Waals surface area contributed by atoms with E-state index in [9.17, 15) is 9.90 Å². The Kier molecular flexibility index (Phi) is 4.24. The maximum Gasteiger partial charge on any atom is 0.303 e. The van der Waals surface area contributed by atoms with E-state index in [0.717, 1.165) is 32.1 Å². The Bertz CT molecular complexity index is 406. The lowest BCUT2D eigenvalue weighted by atomic mass is 9.77. The molecular formula is C15H20O3. The first-order chi connectivity index (χ1) is 8.65. The Hall–Kier alpha value is -1.51. The van der Waals surface area contributed by atoms with Crippen LogP contribution >= 0.6 is 0 Å². The van der Waals surface area contributed by atoms with E-state index in [1.54, 1.807) is 6.07 Å². The molecule has 0 saturated heterocycles. The topological polar surface area (TPSA) is 57.5 Å². The molecule has 0 spiro atoms. The van der Waals surface area contributed by atoms with Gasteiger partial charge in [-0.1, -0.05) is 12.1 Å². The highest BCUT2D eigenvalue weighted by Gasteiger charge is 2.22. The van der Waals surface area contributed by atoms with Crippen LogP contribution in [0.15, 0.2) is 24.3 Å². The molecule has 2 rings (SSSR count). The number of aromatic hydroxyl groups is 1. The molecule has 1 fully saturated rings. The van der Waals surface area contributed by atoms with Crippen LogP contribution in [0.25, 0.3) is 0 Å². The van der Waals surface area contributed by atoms with Crippen molar-refractivity contribution in [1.29, 1.82) is 0 Å². The van der Waals surface area contributed by atoms with Crippen LogP contribution in [0.2, 0.25) is 0 Å². The van der Waals surface area contributed by atoms with Gasteiger partial charge in [0.25, 0.3) is 0 Å². The van der Waals surface area contributed by atoms with Gasteiger partial charge in [0.05, 0.1) is 0 Å². The van der Waals surface area contributed by atoms with Gasteiger partial charge in [0.1, 0.15) is 5.75 Å². The van der Waals surface area contributed by atoms with Crippen molar-refractivity contribution < 1.29 is 15.0 Å². The average molecular weight is 248 g/mol. The van der Waals surface area contributed by atoms with E-state index in [1.165, 1.54) is 5.56 Å². The standard InChI is InChI=1S/C15H20O3/c16-14-3-1-2-13(10-14)12-7-4-11(5-8-12)6-9-15(17)18/h1-3,10-12,16H,4-9H2,(H,17,18). The number of hydrogen-bond donors (Lipinski definition) is 2. The zero-order valence-electron chi connectivity index (χ0n) is 10.5. The summed E-state index contributed by atoms with van der Waals surface area (Å²) in [5.41, 5.74) is 1.21. The minimum absolute atomic E-state index is 0.293. The van der Waals surface area contributed by atoms with Crippen LogP contribution in [0.5, 0.6) is 5.75 Å². The van der Waals surface area contributed by atoms with Gasteiger partial charge in [-0.15, -0.1) is 0 Å². The maximum atomic E-state index is 10.5. The Morgan fingerprint density at radius 2 is 1.94 bits per heavy atom. The summed E-state index contributed by atoms with van der Waals surface area (Å²) in [6.45, 7) is 0. The fraction of sp³-hybridized carbons (Fsp3) is 0.533. The Morgan fingerprint density at radius 1 is 1.22 bits per heavy atom. The Morgan fingerprint density at radius 3 is 2.56 bits per heavy atom. The summed E-state index contributed by atoms with van der Waals surface area (Å²) < 4.78 is 0. The van der Waals surface area contributed by atoms with Crippen molar-refractivity contribution in [2.75, 3.05) is 0 Å². The molecule has 0 atom stereocenters. The second-order valence-corrected chi connectivity index (χ2v) is 5.25. The quantitative estimate of drug-likeness (QED) is 0.857. The normalized spacial score (nSPS) is 23.8. The van der Waals surface area contributed by atoms with Crippen LogP contribution in [0.3, 0.4) is 0 Å². The second-order valence-electron chi connectivity index (χ2n) is 5.25. The van der Waals surface area contributed by atoms with E-state index in [2.05, 4.69) is 6.07 Å². The maximum absolute atomic E-state index is 10.5. The Labute approximate surface area is 107 Å². The van der Waals surface area contributed by atoms with E-state index in [-0.39, 0.29) is 0 Å². The third-order valence-corrected chi connectivity index (χ3v) is 3.95. The van der Waals surface area contributed by atoms with Gasteiger partial charge in [-0.05, 0) is 61.6 Å². The molecule has 3 heteroatoms. The summed E-state index contributed by atoms with van der Waals surface area (Å²) in [5.74, 6) is 0.735. The monoisotopic (exact) mass is 248 g/mol. The average Bonchev–Trinajstić information content (AvgIpc) is 2.37. The van der Waals surface area contributed by atoms with Crippen LogP contribution < -0.4 is 0 Å². The van der Waals surface area contributed by atoms with Crippen LogP contribution in [-0.2, 0) is 4.79 Å². The highest BCUT2D eigenvalue weighted by Crippen LogP contribution is 2.38. The van der Waals surface area contributed by atoms with Crippen LogP contribution in [0, 0.1) is 5.92 Å². The van der Waals surface area contributed by atoms with E-state index >= 15 is 0 Å². The van der Waals surface area contributed by atoms with Crippen molar-refractivity contribution in [3.8, 4) is 5.75 Å². The summed E-state index contributed by atoms with van der Waals surface area (Å²) in [5, 5.41) is 18.2. The van der Waals surface area contributed by atoms with Gasteiger partial charge in [-0.25, -0.2) is 0 Å². The molecule has 1 aromatic rings. The summed E-state index contributed by atoms with van der Waals surface area (Å²) >= 11 is 0. The lowest BCUT2D eigenvalue weighted by molar-refractivity contribution is -0.137. The number of aliphatic carboxylic acids is 1. The van der Waals surface area contributed by atoms with Crippen molar-refractivity contribution in [3.63, 3.8) is 0 Å². The minimum atomic E-state index is -0.690. The number of carbonyl (C=O) groups is 1. The van der Waals surface area contributed by atoms with E-state index in [4.69, 9.17) is 5.11 Å². The fourth-order valence-corrected chi connectivity index (χ4v) is 2.89.